The van der Waals surface area contributed by atoms with Gasteiger partial charge in [-0.25, -0.2) is 0 Å². The van der Waals surface area contributed by atoms with Crippen molar-refractivity contribution in [2.45, 2.75) is 32.7 Å². The summed E-state index contributed by atoms with van der Waals surface area (Å²) >= 11 is 12.3. The molecule has 0 bridgehead atoms. The molecule has 0 fully saturated rings. The fourth-order valence-electron chi connectivity index (χ4n) is 1.65. The summed E-state index contributed by atoms with van der Waals surface area (Å²) in [6, 6.07) is 5.53. The number of nitrogens with two attached hydrogens (primary N) is 1. The first-order valence-electron chi connectivity index (χ1n) is 5.46. The second-order valence-electron chi connectivity index (χ2n) is 4.33. The van der Waals surface area contributed by atoms with Crippen molar-refractivity contribution >= 4 is 23.2 Å². The number of hydrogen-bond donors (Lipinski definition) is 2. The summed E-state index contributed by atoms with van der Waals surface area (Å²) in [6.07, 6.45) is 2.01. The van der Waals surface area contributed by atoms with E-state index >= 15 is 0 Å². The number of nitrogens with one attached hydrogen (secondary N) is 1. The van der Waals surface area contributed by atoms with E-state index < -0.39 is 0 Å². The van der Waals surface area contributed by atoms with E-state index in [1.165, 1.54) is 0 Å². The van der Waals surface area contributed by atoms with Gasteiger partial charge < -0.3 is 0 Å². The first-order valence-corrected chi connectivity index (χ1v) is 6.22. The number of hydrazine groups is 1. The molecule has 0 heterocycles. The molecule has 1 aromatic rings. The van der Waals surface area contributed by atoms with Gasteiger partial charge in [0.1, 0.15) is 0 Å². The summed E-state index contributed by atoms with van der Waals surface area (Å²) in [5.41, 5.74) is 3.68. The summed E-state index contributed by atoms with van der Waals surface area (Å²) in [6.45, 7) is 4.36. The Kier molecular flexibility index (Phi) is 5.56. The van der Waals surface area contributed by atoms with Crippen molar-refractivity contribution in [2.24, 2.45) is 11.8 Å². The van der Waals surface area contributed by atoms with Crippen molar-refractivity contribution in [1.82, 2.24) is 5.43 Å². The fraction of sp³-hybridized carbons (Fsp3) is 0.500. The molecule has 0 aromatic heterocycles. The van der Waals surface area contributed by atoms with Crippen LogP contribution in [-0.4, -0.2) is 0 Å². The minimum Gasteiger partial charge on any atom is -0.271 e. The molecule has 0 aliphatic carbocycles. The minimum absolute atomic E-state index is 0.0172. The lowest BCUT2D eigenvalue weighted by atomic mass is 9.98. The molecular weight excluding hydrogens is 243 g/mol. The molecule has 1 unspecified atom stereocenters. The molecule has 1 aromatic carbocycles. The van der Waals surface area contributed by atoms with Crippen molar-refractivity contribution in [2.75, 3.05) is 0 Å². The second-order valence-corrected chi connectivity index (χ2v) is 5.14. The average Bonchev–Trinajstić information content (AvgIpc) is 2.22. The van der Waals surface area contributed by atoms with Crippen molar-refractivity contribution in [3.8, 4) is 0 Å². The Hall–Kier alpha value is -0.280. The van der Waals surface area contributed by atoms with E-state index in [4.69, 9.17) is 29.0 Å². The molecule has 16 heavy (non-hydrogen) atoms. The van der Waals surface area contributed by atoms with Crippen molar-refractivity contribution in [1.29, 1.82) is 0 Å². The van der Waals surface area contributed by atoms with Crippen LogP contribution < -0.4 is 11.3 Å². The summed E-state index contributed by atoms with van der Waals surface area (Å²) < 4.78 is 0. The minimum atomic E-state index is 0.0172. The predicted molar refractivity (Wildman–Crippen MR) is 70.6 cm³/mol. The highest BCUT2D eigenvalue weighted by molar-refractivity contribution is 6.36. The summed E-state index contributed by atoms with van der Waals surface area (Å²) in [5, 5.41) is 1.33. The number of halogens is 2. The Labute approximate surface area is 107 Å². The smallest absolute Gasteiger partial charge is 0.0489 e. The molecule has 0 aliphatic rings. The predicted octanol–water partition coefficient (Wildman–Crippen LogP) is 3.93. The fourth-order valence-corrected chi connectivity index (χ4v) is 2.32. The van der Waals surface area contributed by atoms with Crippen LogP contribution in [-0.2, 0) is 0 Å². The van der Waals surface area contributed by atoms with Crippen LogP contribution in [0.25, 0.3) is 0 Å². The zero-order chi connectivity index (χ0) is 12.1. The summed E-state index contributed by atoms with van der Waals surface area (Å²) in [5.74, 6) is 6.20. The number of rotatable bonds is 5. The van der Waals surface area contributed by atoms with Gasteiger partial charge in [-0.2, -0.15) is 0 Å². The van der Waals surface area contributed by atoms with Gasteiger partial charge in [0.05, 0.1) is 0 Å². The highest BCUT2D eigenvalue weighted by Crippen LogP contribution is 2.32. The Morgan fingerprint density at radius 3 is 2.19 bits per heavy atom. The van der Waals surface area contributed by atoms with Gasteiger partial charge in [0.25, 0.3) is 0 Å². The Balaban J connectivity index is 2.86. The highest BCUT2D eigenvalue weighted by atomic mass is 35.5. The van der Waals surface area contributed by atoms with Crippen LogP contribution in [0.2, 0.25) is 10.0 Å². The highest BCUT2D eigenvalue weighted by Gasteiger charge is 2.16. The van der Waals surface area contributed by atoms with Crippen LogP contribution >= 0.6 is 23.2 Å². The molecule has 1 atom stereocenters. The molecule has 0 saturated carbocycles. The van der Waals surface area contributed by atoms with Gasteiger partial charge in [-0.3, -0.25) is 11.3 Å². The van der Waals surface area contributed by atoms with E-state index in [9.17, 15) is 0 Å². The van der Waals surface area contributed by atoms with Crippen LogP contribution in [0.15, 0.2) is 18.2 Å². The van der Waals surface area contributed by atoms with Crippen LogP contribution in [0.5, 0.6) is 0 Å². The third-order valence-corrected chi connectivity index (χ3v) is 3.24. The van der Waals surface area contributed by atoms with E-state index in [0.29, 0.717) is 16.0 Å². The third-order valence-electron chi connectivity index (χ3n) is 2.58. The van der Waals surface area contributed by atoms with Gasteiger partial charge in [-0.15, -0.1) is 0 Å². The zero-order valence-corrected chi connectivity index (χ0v) is 11.1. The third kappa shape index (κ3) is 3.63. The van der Waals surface area contributed by atoms with Crippen molar-refractivity contribution in [3.05, 3.63) is 33.8 Å². The average molecular weight is 261 g/mol. The quantitative estimate of drug-likeness (QED) is 0.622. The van der Waals surface area contributed by atoms with Crippen LogP contribution in [0, 0.1) is 5.92 Å². The van der Waals surface area contributed by atoms with E-state index in [1.54, 1.807) is 0 Å². The van der Waals surface area contributed by atoms with Gasteiger partial charge >= 0.3 is 0 Å². The second kappa shape index (κ2) is 6.45. The number of benzene rings is 1. The van der Waals surface area contributed by atoms with E-state index in [1.807, 2.05) is 18.2 Å². The molecule has 4 heteroatoms. The Morgan fingerprint density at radius 1 is 1.19 bits per heavy atom. The maximum atomic E-state index is 6.14. The van der Waals surface area contributed by atoms with Crippen LogP contribution in [0.4, 0.5) is 0 Å². The Morgan fingerprint density at radius 2 is 1.75 bits per heavy atom. The molecule has 3 N–H and O–H groups in total. The first-order chi connectivity index (χ1) is 7.56. The molecule has 0 aliphatic heterocycles. The van der Waals surface area contributed by atoms with Gasteiger partial charge in [0.15, 0.2) is 0 Å². The standard InChI is InChI=1S/C12H18Cl2N2/c1-8(2)6-7-11(16-15)12-9(13)4-3-5-10(12)14/h3-5,8,11,16H,6-7,15H2,1-2H3. The van der Waals surface area contributed by atoms with Gasteiger partial charge in [0, 0.05) is 21.7 Å². The van der Waals surface area contributed by atoms with Crippen molar-refractivity contribution < 1.29 is 0 Å². The molecule has 1 rings (SSSR count). The van der Waals surface area contributed by atoms with E-state index in [-0.39, 0.29) is 6.04 Å². The lowest BCUT2D eigenvalue weighted by Gasteiger charge is -2.19. The van der Waals surface area contributed by atoms with E-state index in [0.717, 1.165) is 18.4 Å². The molecule has 2 nitrogen and oxygen atoms in total. The monoisotopic (exact) mass is 260 g/mol. The van der Waals surface area contributed by atoms with Crippen molar-refractivity contribution in [3.63, 3.8) is 0 Å². The van der Waals surface area contributed by atoms with Crippen LogP contribution in [0.1, 0.15) is 38.3 Å². The molecule has 0 saturated heterocycles. The maximum absolute atomic E-state index is 6.14. The van der Waals surface area contributed by atoms with Gasteiger partial charge in [0.2, 0.25) is 0 Å². The summed E-state index contributed by atoms with van der Waals surface area (Å²) in [4.78, 5) is 0. The zero-order valence-electron chi connectivity index (χ0n) is 9.63. The number of hydrogen-bond acceptors (Lipinski definition) is 2. The van der Waals surface area contributed by atoms with Crippen LogP contribution in [0.3, 0.4) is 0 Å². The molecule has 0 spiro atoms. The largest absolute Gasteiger partial charge is 0.271 e. The molecule has 0 amide bonds. The summed E-state index contributed by atoms with van der Waals surface area (Å²) in [7, 11) is 0. The molecular formula is C12H18Cl2N2. The SMILES string of the molecule is CC(C)CCC(NN)c1c(Cl)cccc1Cl. The lowest BCUT2D eigenvalue weighted by Crippen LogP contribution is -2.28. The maximum Gasteiger partial charge on any atom is 0.0489 e. The Bertz CT molecular complexity index is 320. The van der Waals surface area contributed by atoms with Gasteiger partial charge in [-0.05, 0) is 30.9 Å². The first kappa shape index (κ1) is 13.8. The van der Waals surface area contributed by atoms with E-state index in [2.05, 4.69) is 19.3 Å². The molecule has 0 radical (unpaired) electrons. The topological polar surface area (TPSA) is 38.0 Å². The van der Waals surface area contributed by atoms with Gasteiger partial charge in [-0.1, -0.05) is 43.1 Å². The molecule has 90 valence electrons. The normalized spacial score (nSPS) is 13.1. The lowest BCUT2D eigenvalue weighted by molar-refractivity contribution is 0.448.